The van der Waals surface area contributed by atoms with Crippen LogP contribution in [-0.4, -0.2) is 12.5 Å². The average molecular weight is 274 g/mol. The molecule has 1 N–H and O–H groups in total. The Hall–Kier alpha value is -0.500. The summed E-state index contributed by atoms with van der Waals surface area (Å²) < 4.78 is 0. The van der Waals surface area contributed by atoms with Gasteiger partial charge in [-0.25, -0.2) is 0 Å². The molecule has 0 radical (unpaired) electrons. The molecule has 0 unspecified atom stereocenters. The average Bonchev–Trinajstić information content (AvgIpc) is 2.34. The molecule has 0 aromatic rings. The van der Waals surface area contributed by atoms with Gasteiger partial charge in [0, 0.05) is 11.5 Å². The minimum Gasteiger partial charge on any atom is -0.351 e. The van der Waals surface area contributed by atoms with Crippen molar-refractivity contribution in [3.8, 4) is 0 Å². The Balaban J connectivity index is 3.15. The fourth-order valence-electron chi connectivity index (χ4n) is 1.88. The van der Waals surface area contributed by atoms with Crippen molar-refractivity contribution in [1.82, 2.24) is 5.32 Å². The third-order valence-corrected chi connectivity index (χ3v) is 3.12. The lowest BCUT2D eigenvalue weighted by Crippen LogP contribution is -2.23. The van der Waals surface area contributed by atoms with Gasteiger partial charge in [0.25, 0.3) is 0 Å². The van der Waals surface area contributed by atoms with Crippen LogP contribution in [0.3, 0.4) is 0 Å². The maximum atomic E-state index is 11.3. The van der Waals surface area contributed by atoms with E-state index in [1.165, 1.54) is 44.9 Å². The first kappa shape index (κ1) is 17.5. The van der Waals surface area contributed by atoms with Crippen LogP contribution in [-0.2, 0) is 4.79 Å². The summed E-state index contributed by atoms with van der Waals surface area (Å²) in [5, 5.41) is 3.22. The van der Waals surface area contributed by atoms with Gasteiger partial charge in [-0.2, -0.15) is 0 Å². The number of halogens is 1. The molecule has 1 amide bonds. The Kier molecular flexibility index (Phi) is 12.6. The molecule has 0 rings (SSSR count). The lowest BCUT2D eigenvalue weighted by molar-refractivity contribution is -0.121. The Morgan fingerprint density at radius 2 is 1.50 bits per heavy atom. The van der Waals surface area contributed by atoms with Gasteiger partial charge < -0.3 is 5.32 Å². The number of amides is 1. The third kappa shape index (κ3) is 13.6. The van der Waals surface area contributed by atoms with Gasteiger partial charge in [-0.05, 0) is 6.42 Å². The van der Waals surface area contributed by atoms with Gasteiger partial charge in [-0.15, -0.1) is 0 Å². The molecule has 18 heavy (non-hydrogen) atoms. The van der Waals surface area contributed by atoms with E-state index in [1.807, 2.05) is 0 Å². The highest BCUT2D eigenvalue weighted by atomic mass is 35.5. The van der Waals surface area contributed by atoms with Crippen molar-refractivity contribution in [3.63, 3.8) is 0 Å². The highest BCUT2D eigenvalue weighted by Gasteiger charge is 2.00. The maximum Gasteiger partial charge on any atom is 0.220 e. The van der Waals surface area contributed by atoms with E-state index in [0.717, 1.165) is 12.8 Å². The van der Waals surface area contributed by atoms with Crippen LogP contribution >= 0.6 is 11.6 Å². The van der Waals surface area contributed by atoms with E-state index in [2.05, 4.69) is 18.8 Å². The number of hydrogen-bond donors (Lipinski definition) is 1. The smallest absolute Gasteiger partial charge is 0.220 e. The molecule has 0 saturated heterocycles. The highest BCUT2D eigenvalue weighted by Crippen LogP contribution is 2.10. The molecule has 0 fully saturated rings. The first-order chi connectivity index (χ1) is 8.66. The monoisotopic (exact) mass is 273 g/mol. The Labute approximate surface area is 117 Å². The van der Waals surface area contributed by atoms with Crippen LogP contribution in [0, 0.1) is 0 Å². The lowest BCUT2D eigenvalue weighted by Gasteiger charge is -2.04. The van der Waals surface area contributed by atoms with E-state index >= 15 is 0 Å². The van der Waals surface area contributed by atoms with Crippen molar-refractivity contribution in [3.05, 3.63) is 11.6 Å². The third-order valence-electron chi connectivity index (χ3n) is 2.98. The molecule has 0 aromatic carbocycles. The number of carbonyl (C=O) groups excluding carboxylic acids is 1. The van der Waals surface area contributed by atoms with Gasteiger partial charge in [0.2, 0.25) is 5.91 Å². The van der Waals surface area contributed by atoms with Crippen LogP contribution in [0.5, 0.6) is 0 Å². The molecular weight excluding hydrogens is 246 g/mol. The summed E-state index contributed by atoms with van der Waals surface area (Å²) >= 11 is 5.57. The van der Waals surface area contributed by atoms with E-state index in [9.17, 15) is 4.79 Å². The SMILES string of the molecule is C=C(Cl)CNC(=O)CCCCCCCCCCC. The summed E-state index contributed by atoms with van der Waals surface area (Å²) in [5.74, 6) is 0.0831. The van der Waals surface area contributed by atoms with Crippen molar-refractivity contribution in [2.75, 3.05) is 6.54 Å². The van der Waals surface area contributed by atoms with E-state index < -0.39 is 0 Å². The summed E-state index contributed by atoms with van der Waals surface area (Å²) in [6.07, 6.45) is 12.1. The van der Waals surface area contributed by atoms with Crippen LogP contribution in [0.1, 0.15) is 71.1 Å². The van der Waals surface area contributed by atoms with Crippen molar-refractivity contribution in [2.24, 2.45) is 0 Å². The summed E-state index contributed by atoms with van der Waals surface area (Å²) in [6, 6.07) is 0. The molecule has 0 aromatic heterocycles. The van der Waals surface area contributed by atoms with Gasteiger partial charge in [-0.3, -0.25) is 4.79 Å². The topological polar surface area (TPSA) is 29.1 Å². The second-order valence-corrected chi connectivity index (χ2v) is 5.41. The summed E-state index contributed by atoms with van der Waals surface area (Å²) in [6.45, 7) is 6.16. The number of unbranched alkanes of at least 4 members (excludes halogenated alkanes) is 8. The summed E-state index contributed by atoms with van der Waals surface area (Å²) in [7, 11) is 0. The second-order valence-electron chi connectivity index (χ2n) is 4.87. The predicted molar refractivity (Wildman–Crippen MR) is 79.8 cm³/mol. The Morgan fingerprint density at radius 1 is 1.00 bits per heavy atom. The zero-order valence-electron chi connectivity index (χ0n) is 11.8. The van der Waals surface area contributed by atoms with E-state index in [-0.39, 0.29) is 5.91 Å². The van der Waals surface area contributed by atoms with Crippen LogP contribution < -0.4 is 5.32 Å². The lowest BCUT2D eigenvalue weighted by atomic mass is 10.1. The van der Waals surface area contributed by atoms with Crippen LogP contribution in [0.15, 0.2) is 11.6 Å². The summed E-state index contributed by atoms with van der Waals surface area (Å²) in [5.41, 5.74) is 0. The molecule has 0 bridgehead atoms. The van der Waals surface area contributed by atoms with Gasteiger partial charge in [-0.1, -0.05) is 76.5 Å². The summed E-state index contributed by atoms with van der Waals surface area (Å²) in [4.78, 5) is 11.3. The Bertz CT molecular complexity index is 229. The fraction of sp³-hybridized carbons (Fsp3) is 0.800. The van der Waals surface area contributed by atoms with Crippen molar-refractivity contribution < 1.29 is 4.79 Å². The van der Waals surface area contributed by atoms with Gasteiger partial charge in [0.1, 0.15) is 0 Å². The zero-order chi connectivity index (χ0) is 13.6. The molecular formula is C15H28ClNO. The van der Waals surface area contributed by atoms with Crippen LogP contribution in [0.25, 0.3) is 0 Å². The molecule has 106 valence electrons. The maximum absolute atomic E-state index is 11.3. The molecule has 0 atom stereocenters. The minimum absolute atomic E-state index is 0.0831. The van der Waals surface area contributed by atoms with E-state index in [0.29, 0.717) is 18.0 Å². The number of rotatable bonds is 12. The van der Waals surface area contributed by atoms with E-state index in [4.69, 9.17) is 11.6 Å². The van der Waals surface area contributed by atoms with Gasteiger partial charge >= 0.3 is 0 Å². The van der Waals surface area contributed by atoms with E-state index in [1.54, 1.807) is 0 Å². The zero-order valence-corrected chi connectivity index (χ0v) is 12.5. The molecule has 0 aliphatic carbocycles. The van der Waals surface area contributed by atoms with Gasteiger partial charge in [0.05, 0.1) is 6.54 Å². The van der Waals surface area contributed by atoms with Crippen molar-refractivity contribution in [2.45, 2.75) is 71.1 Å². The number of hydrogen-bond acceptors (Lipinski definition) is 1. The van der Waals surface area contributed by atoms with Crippen molar-refractivity contribution in [1.29, 1.82) is 0 Å². The molecule has 0 spiro atoms. The molecule has 2 nitrogen and oxygen atoms in total. The predicted octanol–water partition coefficient (Wildman–Crippen LogP) is 4.78. The van der Waals surface area contributed by atoms with Gasteiger partial charge in [0.15, 0.2) is 0 Å². The normalized spacial score (nSPS) is 10.3. The molecule has 0 saturated carbocycles. The second kappa shape index (κ2) is 12.9. The van der Waals surface area contributed by atoms with Crippen LogP contribution in [0.2, 0.25) is 0 Å². The minimum atomic E-state index is 0.0831. The van der Waals surface area contributed by atoms with Crippen molar-refractivity contribution >= 4 is 17.5 Å². The molecule has 0 heterocycles. The Morgan fingerprint density at radius 3 is 2.00 bits per heavy atom. The fourth-order valence-corrected chi connectivity index (χ4v) is 1.95. The first-order valence-electron chi connectivity index (χ1n) is 7.26. The molecule has 0 aliphatic rings. The standard InChI is InChI=1S/C15H28ClNO/c1-3-4-5-6-7-8-9-10-11-12-15(18)17-13-14(2)16/h2-13H2,1H3,(H,17,18). The quantitative estimate of drug-likeness (QED) is 0.510. The number of carbonyl (C=O) groups is 1. The van der Waals surface area contributed by atoms with Crippen LogP contribution in [0.4, 0.5) is 0 Å². The first-order valence-corrected chi connectivity index (χ1v) is 7.64. The highest BCUT2D eigenvalue weighted by molar-refractivity contribution is 6.29. The number of nitrogens with one attached hydrogen (secondary N) is 1. The molecule has 3 heteroatoms. The largest absolute Gasteiger partial charge is 0.351 e. The molecule has 0 aliphatic heterocycles.